The van der Waals surface area contributed by atoms with Crippen LogP contribution in [-0.4, -0.2) is 17.8 Å². The zero-order valence-corrected chi connectivity index (χ0v) is 10.1. The van der Waals surface area contributed by atoms with Crippen molar-refractivity contribution in [1.29, 1.82) is 0 Å². The molecule has 0 amide bonds. The maximum absolute atomic E-state index is 8.74. The highest BCUT2D eigenvalue weighted by atomic mass is 35.5. The summed E-state index contributed by atoms with van der Waals surface area (Å²) < 4.78 is 0. The SMILES string of the molecule is C[C@H](CCO)NCc1cc(Cl)cc(Cl)c1. The van der Waals surface area contributed by atoms with E-state index in [1.165, 1.54) is 0 Å². The summed E-state index contributed by atoms with van der Waals surface area (Å²) in [6.07, 6.45) is 0.744. The molecule has 1 aromatic carbocycles. The second kappa shape index (κ2) is 6.33. The van der Waals surface area contributed by atoms with E-state index >= 15 is 0 Å². The molecule has 0 bridgehead atoms. The molecule has 0 saturated carbocycles. The minimum atomic E-state index is 0.199. The van der Waals surface area contributed by atoms with Gasteiger partial charge in [-0.1, -0.05) is 23.2 Å². The molecule has 1 aromatic rings. The minimum Gasteiger partial charge on any atom is -0.396 e. The van der Waals surface area contributed by atoms with Crippen molar-refractivity contribution in [3.63, 3.8) is 0 Å². The highest BCUT2D eigenvalue weighted by molar-refractivity contribution is 6.34. The zero-order chi connectivity index (χ0) is 11.3. The average Bonchev–Trinajstić information content (AvgIpc) is 2.14. The van der Waals surface area contributed by atoms with Crippen LogP contribution in [-0.2, 0) is 6.54 Å². The van der Waals surface area contributed by atoms with Crippen LogP contribution in [0.4, 0.5) is 0 Å². The van der Waals surface area contributed by atoms with Crippen LogP contribution in [0.5, 0.6) is 0 Å². The first kappa shape index (κ1) is 12.8. The van der Waals surface area contributed by atoms with Crippen LogP contribution in [0.1, 0.15) is 18.9 Å². The van der Waals surface area contributed by atoms with Crippen molar-refractivity contribution in [2.45, 2.75) is 25.9 Å². The number of aliphatic hydroxyl groups is 1. The summed E-state index contributed by atoms with van der Waals surface area (Å²) in [4.78, 5) is 0. The molecule has 84 valence electrons. The number of benzene rings is 1. The zero-order valence-electron chi connectivity index (χ0n) is 8.63. The van der Waals surface area contributed by atoms with Crippen LogP contribution >= 0.6 is 23.2 Å². The molecule has 0 aliphatic heterocycles. The van der Waals surface area contributed by atoms with Gasteiger partial charge in [0.1, 0.15) is 0 Å². The van der Waals surface area contributed by atoms with Crippen LogP contribution in [0.3, 0.4) is 0 Å². The van der Waals surface area contributed by atoms with Gasteiger partial charge in [-0.05, 0) is 37.1 Å². The standard InChI is InChI=1S/C11H15Cl2NO/c1-8(2-3-15)14-7-9-4-10(12)6-11(13)5-9/h4-6,8,14-15H,2-3,7H2,1H3/t8-/m1/s1. The fourth-order valence-electron chi connectivity index (χ4n) is 1.30. The highest BCUT2D eigenvalue weighted by Crippen LogP contribution is 2.18. The van der Waals surface area contributed by atoms with Gasteiger partial charge in [0.15, 0.2) is 0 Å². The van der Waals surface area contributed by atoms with Gasteiger partial charge in [-0.2, -0.15) is 0 Å². The largest absolute Gasteiger partial charge is 0.396 e. The molecule has 1 rings (SSSR count). The van der Waals surface area contributed by atoms with E-state index in [1.54, 1.807) is 6.07 Å². The van der Waals surface area contributed by atoms with Crippen LogP contribution < -0.4 is 5.32 Å². The lowest BCUT2D eigenvalue weighted by Gasteiger charge is -2.12. The van der Waals surface area contributed by atoms with E-state index in [9.17, 15) is 0 Å². The molecule has 0 unspecified atom stereocenters. The van der Waals surface area contributed by atoms with Crippen LogP contribution in [0.15, 0.2) is 18.2 Å². The number of hydrogen-bond acceptors (Lipinski definition) is 2. The number of halogens is 2. The molecule has 0 saturated heterocycles. The molecule has 4 heteroatoms. The van der Waals surface area contributed by atoms with Crippen molar-refractivity contribution >= 4 is 23.2 Å². The van der Waals surface area contributed by atoms with Crippen LogP contribution in [0.25, 0.3) is 0 Å². The highest BCUT2D eigenvalue weighted by Gasteiger charge is 2.02. The lowest BCUT2D eigenvalue weighted by atomic mass is 10.2. The van der Waals surface area contributed by atoms with Crippen molar-refractivity contribution in [3.05, 3.63) is 33.8 Å². The summed E-state index contributed by atoms with van der Waals surface area (Å²) >= 11 is 11.7. The van der Waals surface area contributed by atoms with Crippen molar-refractivity contribution < 1.29 is 5.11 Å². The predicted molar refractivity (Wildman–Crippen MR) is 64.5 cm³/mol. The third-order valence-corrected chi connectivity index (χ3v) is 2.58. The van der Waals surface area contributed by atoms with Gasteiger partial charge in [0.25, 0.3) is 0 Å². The summed E-state index contributed by atoms with van der Waals surface area (Å²) in [6.45, 7) is 2.94. The van der Waals surface area contributed by atoms with Gasteiger partial charge in [-0.3, -0.25) is 0 Å². The Labute approximate surface area is 100 Å². The number of aliphatic hydroxyl groups excluding tert-OH is 1. The van der Waals surface area contributed by atoms with E-state index < -0.39 is 0 Å². The fraction of sp³-hybridized carbons (Fsp3) is 0.455. The van der Waals surface area contributed by atoms with Crippen LogP contribution in [0, 0.1) is 0 Å². The molecular weight excluding hydrogens is 233 g/mol. The molecular formula is C11H15Cl2NO. The topological polar surface area (TPSA) is 32.3 Å². The molecule has 2 nitrogen and oxygen atoms in total. The molecule has 0 aromatic heterocycles. The summed E-state index contributed by atoms with van der Waals surface area (Å²) in [5.41, 5.74) is 1.05. The van der Waals surface area contributed by atoms with Gasteiger partial charge in [0.2, 0.25) is 0 Å². The second-order valence-electron chi connectivity index (χ2n) is 3.57. The Morgan fingerprint density at radius 2 is 1.87 bits per heavy atom. The van der Waals surface area contributed by atoms with Gasteiger partial charge in [-0.15, -0.1) is 0 Å². The van der Waals surface area contributed by atoms with Crippen molar-refractivity contribution in [2.24, 2.45) is 0 Å². The number of hydrogen-bond donors (Lipinski definition) is 2. The summed E-state index contributed by atoms with van der Waals surface area (Å²) in [5.74, 6) is 0. The molecule has 1 atom stereocenters. The van der Waals surface area contributed by atoms with E-state index in [4.69, 9.17) is 28.3 Å². The van der Waals surface area contributed by atoms with E-state index in [-0.39, 0.29) is 12.6 Å². The maximum Gasteiger partial charge on any atom is 0.0445 e. The molecule has 0 aliphatic rings. The molecule has 0 fully saturated rings. The molecule has 15 heavy (non-hydrogen) atoms. The molecule has 0 aliphatic carbocycles. The summed E-state index contributed by atoms with van der Waals surface area (Å²) in [6, 6.07) is 5.76. The first-order valence-electron chi connectivity index (χ1n) is 4.91. The first-order chi connectivity index (χ1) is 7.11. The van der Waals surface area contributed by atoms with E-state index in [2.05, 4.69) is 5.32 Å². The lowest BCUT2D eigenvalue weighted by Crippen LogP contribution is -2.26. The van der Waals surface area contributed by atoms with E-state index in [0.29, 0.717) is 16.6 Å². The van der Waals surface area contributed by atoms with Crippen molar-refractivity contribution in [2.75, 3.05) is 6.61 Å². The fourth-order valence-corrected chi connectivity index (χ4v) is 1.87. The van der Waals surface area contributed by atoms with Crippen molar-refractivity contribution in [3.8, 4) is 0 Å². The smallest absolute Gasteiger partial charge is 0.0445 e. The average molecular weight is 248 g/mol. The Balaban J connectivity index is 2.50. The quantitative estimate of drug-likeness (QED) is 0.839. The van der Waals surface area contributed by atoms with Gasteiger partial charge in [0, 0.05) is 29.2 Å². The van der Waals surface area contributed by atoms with E-state index in [1.807, 2.05) is 19.1 Å². The molecule has 0 radical (unpaired) electrons. The Hall–Kier alpha value is -0.280. The molecule has 0 heterocycles. The molecule has 0 spiro atoms. The Morgan fingerprint density at radius 1 is 1.27 bits per heavy atom. The van der Waals surface area contributed by atoms with Crippen molar-refractivity contribution in [1.82, 2.24) is 5.32 Å². The summed E-state index contributed by atoms with van der Waals surface area (Å²) in [7, 11) is 0. The number of rotatable bonds is 5. The maximum atomic E-state index is 8.74. The predicted octanol–water partition coefficient (Wildman–Crippen LogP) is 2.85. The Kier molecular flexibility index (Phi) is 5.40. The minimum absolute atomic E-state index is 0.199. The van der Waals surface area contributed by atoms with Gasteiger partial charge < -0.3 is 10.4 Å². The van der Waals surface area contributed by atoms with Crippen LogP contribution in [0.2, 0.25) is 10.0 Å². The number of nitrogens with one attached hydrogen (secondary N) is 1. The third kappa shape index (κ3) is 4.85. The van der Waals surface area contributed by atoms with Gasteiger partial charge >= 0.3 is 0 Å². The molecule has 2 N–H and O–H groups in total. The first-order valence-corrected chi connectivity index (χ1v) is 5.66. The summed E-state index contributed by atoms with van der Waals surface area (Å²) in [5, 5.41) is 13.3. The Morgan fingerprint density at radius 3 is 2.40 bits per heavy atom. The Bertz CT molecular complexity index is 297. The normalized spacial score (nSPS) is 12.8. The third-order valence-electron chi connectivity index (χ3n) is 2.14. The second-order valence-corrected chi connectivity index (χ2v) is 4.44. The van der Waals surface area contributed by atoms with E-state index in [0.717, 1.165) is 12.0 Å². The lowest BCUT2D eigenvalue weighted by molar-refractivity contribution is 0.268. The van der Waals surface area contributed by atoms with Gasteiger partial charge in [0.05, 0.1) is 0 Å². The monoisotopic (exact) mass is 247 g/mol. The van der Waals surface area contributed by atoms with Gasteiger partial charge in [-0.25, -0.2) is 0 Å².